The van der Waals surface area contributed by atoms with Crippen molar-refractivity contribution in [3.63, 3.8) is 0 Å². The van der Waals surface area contributed by atoms with Gasteiger partial charge in [0.25, 0.3) is 0 Å². The summed E-state index contributed by atoms with van der Waals surface area (Å²) >= 11 is 0. The lowest BCUT2D eigenvalue weighted by Gasteiger charge is -2.31. The number of aliphatic carboxylic acids is 1. The maximum absolute atomic E-state index is 13.9. The number of carbonyl (C=O) groups excluding carboxylic acids is 4. The first-order valence-corrected chi connectivity index (χ1v) is 20.9. The van der Waals surface area contributed by atoms with Crippen molar-refractivity contribution in [3.8, 4) is 5.75 Å². The Hall–Kier alpha value is -4.45. The quantitative estimate of drug-likeness (QED) is 0.0531. The van der Waals surface area contributed by atoms with Crippen molar-refractivity contribution in [2.24, 2.45) is 5.92 Å². The highest BCUT2D eigenvalue weighted by atomic mass is 16.4. The Morgan fingerprint density at radius 1 is 0.607 bits per heavy atom. The number of hydrogen-bond donors (Lipinski definition) is 6. The molecule has 12 heteroatoms. The van der Waals surface area contributed by atoms with Crippen LogP contribution in [0.4, 0.5) is 0 Å². The van der Waals surface area contributed by atoms with E-state index >= 15 is 0 Å². The van der Waals surface area contributed by atoms with Gasteiger partial charge in [-0.05, 0) is 68.0 Å². The van der Waals surface area contributed by atoms with Gasteiger partial charge in [-0.1, -0.05) is 134 Å². The predicted molar refractivity (Wildman–Crippen MR) is 221 cm³/mol. The molecule has 0 aliphatic heterocycles. The van der Waals surface area contributed by atoms with Crippen molar-refractivity contribution in [1.29, 1.82) is 0 Å². The summed E-state index contributed by atoms with van der Waals surface area (Å²) in [7, 11) is 0. The minimum Gasteiger partial charge on any atom is -0.508 e. The van der Waals surface area contributed by atoms with Gasteiger partial charge in [-0.2, -0.15) is 0 Å². The summed E-state index contributed by atoms with van der Waals surface area (Å²) in [4.78, 5) is 67.3. The van der Waals surface area contributed by atoms with Crippen molar-refractivity contribution < 1.29 is 34.2 Å². The molecule has 2 aromatic carbocycles. The fourth-order valence-corrected chi connectivity index (χ4v) is 6.65. The lowest BCUT2D eigenvalue weighted by Crippen LogP contribution is -2.54. The van der Waals surface area contributed by atoms with Crippen LogP contribution in [-0.4, -0.2) is 89.0 Å². The molecular formula is C44H69N5O7. The summed E-state index contributed by atoms with van der Waals surface area (Å²) in [6.45, 7) is 8.83. The van der Waals surface area contributed by atoms with Gasteiger partial charge in [-0.15, -0.1) is 0 Å². The average Bonchev–Trinajstić information content (AvgIpc) is 3.17. The first-order valence-electron chi connectivity index (χ1n) is 20.9. The Morgan fingerprint density at radius 3 is 1.70 bits per heavy atom. The zero-order valence-corrected chi connectivity index (χ0v) is 34.3. The van der Waals surface area contributed by atoms with E-state index in [1.807, 2.05) is 32.0 Å². The number of unbranched alkanes of at least 4 members (excludes halogenated alkanes) is 10. The lowest BCUT2D eigenvalue weighted by atomic mass is 10.0. The summed E-state index contributed by atoms with van der Waals surface area (Å²) in [5.74, 6) is -3.13. The third-order valence-electron chi connectivity index (χ3n) is 9.83. The van der Waals surface area contributed by atoms with Crippen LogP contribution in [0.25, 0.3) is 0 Å². The van der Waals surface area contributed by atoms with Crippen LogP contribution in [0, 0.1) is 5.92 Å². The average molecular weight is 780 g/mol. The van der Waals surface area contributed by atoms with Crippen LogP contribution in [0.1, 0.15) is 122 Å². The van der Waals surface area contributed by atoms with E-state index in [1.54, 1.807) is 36.4 Å². The molecule has 2 rings (SSSR count). The molecule has 0 radical (unpaired) electrons. The summed E-state index contributed by atoms with van der Waals surface area (Å²) in [5.41, 5.74) is 1.66. The van der Waals surface area contributed by atoms with Gasteiger partial charge in [0.1, 0.15) is 17.8 Å². The number of rotatable bonds is 30. The molecule has 4 amide bonds. The van der Waals surface area contributed by atoms with Crippen LogP contribution in [-0.2, 0) is 36.8 Å². The molecule has 0 unspecified atom stereocenters. The number of nitrogens with zero attached hydrogens (tertiary/aromatic N) is 1. The maximum Gasteiger partial charge on any atom is 0.326 e. The zero-order valence-electron chi connectivity index (χ0n) is 34.3. The van der Waals surface area contributed by atoms with Crippen LogP contribution in [0.3, 0.4) is 0 Å². The summed E-state index contributed by atoms with van der Waals surface area (Å²) in [6, 6.07) is 13.1. The van der Waals surface area contributed by atoms with Gasteiger partial charge in [0, 0.05) is 6.42 Å². The highest BCUT2D eigenvalue weighted by Gasteiger charge is 2.29. The first-order chi connectivity index (χ1) is 26.9. The van der Waals surface area contributed by atoms with E-state index < -0.39 is 48.4 Å². The Balaban J connectivity index is 2.09. The molecule has 0 aliphatic carbocycles. The fraction of sp³-hybridized carbons (Fsp3) is 0.614. The van der Waals surface area contributed by atoms with E-state index in [2.05, 4.69) is 40.0 Å². The molecule has 0 saturated carbocycles. The highest BCUT2D eigenvalue weighted by molar-refractivity contribution is 5.93. The SMILES string of the molecule is CCCCCCCCN(CCCCCCCC)[C@@H](Cc1ccc(O)cc1)C(=O)NCC(=O)NCC(=O)N[C@@H](Cc1ccccc1)C(=O)N[C@@H](CC(C)C)C(=O)O. The van der Waals surface area contributed by atoms with Crippen molar-refractivity contribution in [1.82, 2.24) is 26.2 Å². The number of phenols is 1. The van der Waals surface area contributed by atoms with Gasteiger partial charge in [0.15, 0.2) is 0 Å². The van der Waals surface area contributed by atoms with Gasteiger partial charge in [0.2, 0.25) is 23.6 Å². The number of carboxylic acids is 1. The number of phenolic OH excluding ortho intramolecular Hbond substituents is 1. The molecule has 0 spiro atoms. The van der Waals surface area contributed by atoms with Gasteiger partial charge in [-0.25, -0.2) is 4.79 Å². The Labute approximate surface area is 335 Å². The van der Waals surface area contributed by atoms with Crippen LogP contribution in [0.15, 0.2) is 54.6 Å². The van der Waals surface area contributed by atoms with Crippen molar-refractivity contribution in [3.05, 3.63) is 65.7 Å². The van der Waals surface area contributed by atoms with Crippen molar-refractivity contribution in [2.45, 2.75) is 142 Å². The number of carboxylic acid groups (broad SMARTS) is 1. The van der Waals surface area contributed by atoms with E-state index in [1.165, 1.54) is 38.5 Å². The standard InChI is InChI=1S/C44H69N5O7/c1-5-7-9-11-13-18-26-49(27-19-14-12-10-8-6-2)39(30-35-22-24-36(50)25-23-35)43(54)46-31-40(51)45-32-41(52)47-37(29-34-20-16-15-17-21-34)42(53)48-38(44(55)56)28-33(3)4/h15-17,20-25,33,37-39,50H,5-14,18-19,26-32H2,1-4H3,(H,45,51)(H,46,54)(H,47,52)(H,48,53)(H,55,56)/t37-,38-,39-/m0/s1. The van der Waals surface area contributed by atoms with Gasteiger partial charge in [0.05, 0.1) is 19.1 Å². The maximum atomic E-state index is 13.9. The second kappa shape index (κ2) is 28.0. The fourth-order valence-electron chi connectivity index (χ4n) is 6.65. The Kier molecular flexibility index (Phi) is 23.9. The molecule has 3 atom stereocenters. The van der Waals surface area contributed by atoms with Crippen LogP contribution in [0.2, 0.25) is 0 Å². The lowest BCUT2D eigenvalue weighted by molar-refractivity contribution is -0.142. The molecule has 56 heavy (non-hydrogen) atoms. The summed E-state index contributed by atoms with van der Waals surface area (Å²) in [5, 5.41) is 30.1. The number of carbonyl (C=O) groups is 5. The largest absolute Gasteiger partial charge is 0.508 e. The van der Waals surface area contributed by atoms with E-state index in [0.717, 1.165) is 62.7 Å². The summed E-state index contributed by atoms with van der Waals surface area (Å²) in [6.07, 6.45) is 14.3. The van der Waals surface area contributed by atoms with Crippen molar-refractivity contribution >= 4 is 29.6 Å². The molecule has 0 aromatic heterocycles. The molecule has 0 fully saturated rings. The molecule has 12 nitrogen and oxygen atoms in total. The van der Waals surface area contributed by atoms with Crippen molar-refractivity contribution in [2.75, 3.05) is 26.2 Å². The smallest absolute Gasteiger partial charge is 0.326 e. The number of aromatic hydroxyl groups is 1. The molecular weight excluding hydrogens is 711 g/mol. The molecule has 2 aromatic rings. The molecule has 312 valence electrons. The monoisotopic (exact) mass is 780 g/mol. The van der Waals surface area contributed by atoms with E-state index in [9.17, 15) is 34.2 Å². The molecule has 0 saturated heterocycles. The molecule has 0 heterocycles. The van der Waals surface area contributed by atoms with Gasteiger partial charge < -0.3 is 31.5 Å². The molecule has 0 aliphatic rings. The van der Waals surface area contributed by atoms with Crippen LogP contribution < -0.4 is 21.3 Å². The normalized spacial score (nSPS) is 12.8. The number of benzene rings is 2. The van der Waals surface area contributed by atoms with E-state index in [-0.39, 0.29) is 37.0 Å². The summed E-state index contributed by atoms with van der Waals surface area (Å²) < 4.78 is 0. The van der Waals surface area contributed by atoms with E-state index in [4.69, 9.17) is 0 Å². The predicted octanol–water partition coefficient (Wildman–Crippen LogP) is 5.90. The molecule has 0 bridgehead atoms. The Morgan fingerprint density at radius 2 is 1.14 bits per heavy atom. The second-order valence-corrected chi connectivity index (χ2v) is 15.3. The van der Waals surface area contributed by atoms with Gasteiger partial charge >= 0.3 is 5.97 Å². The third-order valence-corrected chi connectivity index (χ3v) is 9.83. The second-order valence-electron chi connectivity index (χ2n) is 15.3. The first kappa shape index (κ1) is 47.7. The minimum absolute atomic E-state index is 0.0149. The topological polar surface area (TPSA) is 177 Å². The third kappa shape index (κ3) is 20.5. The van der Waals surface area contributed by atoms with Gasteiger partial charge in [-0.3, -0.25) is 24.1 Å². The zero-order chi connectivity index (χ0) is 41.1. The molecule has 6 N–H and O–H groups in total. The van der Waals surface area contributed by atoms with Crippen LogP contribution >= 0.6 is 0 Å². The number of hydrogen-bond acceptors (Lipinski definition) is 7. The highest BCUT2D eigenvalue weighted by Crippen LogP contribution is 2.17. The number of amides is 4. The number of nitrogens with one attached hydrogen (secondary N) is 4. The Bertz CT molecular complexity index is 1420. The minimum atomic E-state index is -1.16. The van der Waals surface area contributed by atoms with E-state index in [0.29, 0.717) is 6.42 Å². The van der Waals surface area contributed by atoms with Crippen LogP contribution in [0.5, 0.6) is 5.75 Å².